The van der Waals surface area contributed by atoms with Crippen molar-refractivity contribution < 1.29 is 18.9 Å². The van der Waals surface area contributed by atoms with Gasteiger partial charge in [0.1, 0.15) is 5.76 Å². The van der Waals surface area contributed by atoms with Crippen LogP contribution in [-0.2, 0) is 4.79 Å². The molecule has 1 N–H and O–H groups in total. The molecule has 1 aromatic carbocycles. The van der Waals surface area contributed by atoms with E-state index in [4.69, 9.17) is 4.52 Å². The maximum absolute atomic E-state index is 12.2. The molecule has 0 saturated heterocycles. The summed E-state index contributed by atoms with van der Waals surface area (Å²) in [6.45, 7) is 1.93. The number of rotatable bonds is 5. The Morgan fingerprint density at radius 2 is 1.87 bits per heavy atom. The van der Waals surface area contributed by atoms with E-state index in [1.165, 1.54) is 4.90 Å². The quantitative estimate of drug-likeness (QED) is 0.852. The average Bonchev–Trinajstić information content (AvgIpc) is 3.04. The van der Waals surface area contributed by atoms with E-state index < -0.39 is 0 Å². The van der Waals surface area contributed by atoms with Gasteiger partial charge in [0.2, 0.25) is 5.91 Å². The Morgan fingerprint density at radius 1 is 1.22 bits per heavy atom. The number of fused-ring (bicyclic) bond motifs is 1. The van der Waals surface area contributed by atoms with E-state index in [-0.39, 0.29) is 30.7 Å². The number of benzene rings is 1. The van der Waals surface area contributed by atoms with Crippen molar-refractivity contribution in [3.63, 3.8) is 0 Å². The Morgan fingerprint density at radius 3 is 2.43 bits per heavy atom. The molecule has 3 rings (SSSR count). The van der Waals surface area contributed by atoms with Crippen LogP contribution in [-0.4, -0.2) is 34.3 Å². The molecule has 2 heterocycles. The lowest BCUT2D eigenvalue weighted by molar-refractivity contribution is -0.116. The molecule has 1 aliphatic heterocycles. The lowest BCUT2D eigenvalue weighted by atomic mass is 10.1. The fourth-order valence-corrected chi connectivity index (χ4v) is 2.47. The number of nitrogens with zero attached hydrogens (tertiary/aromatic N) is 2. The van der Waals surface area contributed by atoms with Gasteiger partial charge in [-0.1, -0.05) is 17.3 Å². The average molecular weight is 313 g/mol. The maximum Gasteiger partial charge on any atom is 0.261 e. The summed E-state index contributed by atoms with van der Waals surface area (Å²) in [4.78, 5) is 37.3. The van der Waals surface area contributed by atoms with Crippen LogP contribution in [0, 0.1) is 6.92 Å². The highest BCUT2D eigenvalue weighted by Crippen LogP contribution is 2.22. The van der Waals surface area contributed by atoms with Gasteiger partial charge in [0, 0.05) is 19.0 Å². The predicted molar refractivity (Wildman–Crippen MR) is 80.9 cm³/mol. The number of hydrogen-bond donors (Lipinski definition) is 1. The third-order valence-corrected chi connectivity index (χ3v) is 3.56. The van der Waals surface area contributed by atoms with Gasteiger partial charge in [-0.25, -0.2) is 0 Å². The third-order valence-electron chi connectivity index (χ3n) is 3.56. The molecule has 0 spiro atoms. The first-order chi connectivity index (χ1) is 11.1. The van der Waals surface area contributed by atoms with Crippen LogP contribution in [0.4, 0.5) is 5.82 Å². The van der Waals surface area contributed by atoms with E-state index in [0.29, 0.717) is 29.1 Å². The monoisotopic (exact) mass is 313 g/mol. The van der Waals surface area contributed by atoms with Crippen LogP contribution in [0.25, 0.3) is 0 Å². The highest BCUT2D eigenvalue weighted by Gasteiger charge is 2.34. The molecule has 118 valence electrons. The van der Waals surface area contributed by atoms with E-state index in [1.54, 1.807) is 37.3 Å². The lowest BCUT2D eigenvalue weighted by Crippen LogP contribution is -2.31. The third kappa shape index (κ3) is 2.98. The Balaban J connectivity index is 1.52. The number of carbonyl (C=O) groups is 3. The molecule has 23 heavy (non-hydrogen) atoms. The minimum Gasteiger partial charge on any atom is -0.360 e. The molecule has 0 bridgehead atoms. The topological polar surface area (TPSA) is 92.5 Å². The summed E-state index contributed by atoms with van der Waals surface area (Å²) in [5.41, 5.74) is 0.833. The molecule has 0 atom stereocenters. The van der Waals surface area contributed by atoms with Gasteiger partial charge in [0.25, 0.3) is 11.8 Å². The first-order valence-corrected chi connectivity index (χ1v) is 7.24. The molecule has 0 saturated carbocycles. The van der Waals surface area contributed by atoms with E-state index in [2.05, 4.69) is 10.5 Å². The van der Waals surface area contributed by atoms with E-state index in [1.807, 2.05) is 0 Å². The van der Waals surface area contributed by atoms with E-state index in [9.17, 15) is 14.4 Å². The number of carbonyl (C=O) groups excluding carboxylic acids is 3. The van der Waals surface area contributed by atoms with Gasteiger partial charge in [-0.05, 0) is 25.5 Å². The zero-order chi connectivity index (χ0) is 16.4. The summed E-state index contributed by atoms with van der Waals surface area (Å²) in [6, 6.07) is 8.33. The number of anilines is 1. The van der Waals surface area contributed by atoms with Gasteiger partial charge in [0.15, 0.2) is 5.82 Å². The smallest absolute Gasteiger partial charge is 0.261 e. The fourth-order valence-electron chi connectivity index (χ4n) is 2.47. The summed E-state index contributed by atoms with van der Waals surface area (Å²) < 4.78 is 4.85. The van der Waals surface area contributed by atoms with Crippen molar-refractivity contribution in [2.24, 2.45) is 0 Å². The number of amides is 3. The fraction of sp³-hybridized carbons (Fsp3) is 0.250. The van der Waals surface area contributed by atoms with Gasteiger partial charge < -0.3 is 9.84 Å². The summed E-state index contributed by atoms with van der Waals surface area (Å²) in [5, 5.41) is 6.26. The van der Waals surface area contributed by atoms with Crippen LogP contribution in [0.3, 0.4) is 0 Å². The SMILES string of the molecule is Cc1cc(NC(=O)CCCN2C(=O)c3ccccc3C2=O)no1. The van der Waals surface area contributed by atoms with Gasteiger partial charge in [0.05, 0.1) is 11.1 Å². The Hall–Kier alpha value is -2.96. The molecule has 7 nitrogen and oxygen atoms in total. The van der Waals surface area contributed by atoms with Crippen molar-refractivity contribution >= 4 is 23.5 Å². The molecule has 1 aromatic heterocycles. The molecular formula is C16H15N3O4. The van der Waals surface area contributed by atoms with Crippen molar-refractivity contribution in [3.8, 4) is 0 Å². The van der Waals surface area contributed by atoms with E-state index >= 15 is 0 Å². The zero-order valence-corrected chi connectivity index (χ0v) is 12.5. The molecular weight excluding hydrogens is 298 g/mol. The minimum atomic E-state index is -0.307. The van der Waals surface area contributed by atoms with Crippen molar-refractivity contribution in [1.82, 2.24) is 10.1 Å². The predicted octanol–water partition coefficient (Wildman–Crippen LogP) is 2.00. The van der Waals surface area contributed by atoms with Crippen molar-refractivity contribution in [2.45, 2.75) is 19.8 Å². The van der Waals surface area contributed by atoms with E-state index in [0.717, 1.165) is 0 Å². The van der Waals surface area contributed by atoms with Crippen molar-refractivity contribution in [2.75, 3.05) is 11.9 Å². The summed E-state index contributed by atoms with van der Waals surface area (Å²) in [5.74, 6) is 0.103. The first kappa shape index (κ1) is 15.0. The summed E-state index contributed by atoms with van der Waals surface area (Å²) in [6.07, 6.45) is 0.563. The van der Waals surface area contributed by atoms with Gasteiger partial charge >= 0.3 is 0 Å². The lowest BCUT2D eigenvalue weighted by Gasteiger charge is -2.13. The molecule has 1 aliphatic rings. The standard InChI is InChI=1S/C16H15N3O4/c1-10-9-13(18-23-10)17-14(20)7-4-8-19-15(21)11-5-2-3-6-12(11)16(19)22/h2-3,5-6,9H,4,7-8H2,1H3,(H,17,18,20). The van der Waals surface area contributed by atoms with Crippen LogP contribution < -0.4 is 5.32 Å². The normalized spacial score (nSPS) is 13.3. The van der Waals surface area contributed by atoms with Gasteiger partial charge in [-0.2, -0.15) is 0 Å². The number of hydrogen-bond acceptors (Lipinski definition) is 5. The highest BCUT2D eigenvalue weighted by molar-refractivity contribution is 6.21. The maximum atomic E-state index is 12.2. The second kappa shape index (κ2) is 6.04. The van der Waals surface area contributed by atoms with Crippen molar-refractivity contribution in [3.05, 3.63) is 47.2 Å². The molecule has 0 radical (unpaired) electrons. The summed E-state index contributed by atoms with van der Waals surface area (Å²) >= 11 is 0. The van der Waals surface area contributed by atoms with Gasteiger partial charge in [-0.3, -0.25) is 19.3 Å². The largest absolute Gasteiger partial charge is 0.360 e. The molecule has 0 fully saturated rings. The number of aryl methyl sites for hydroxylation is 1. The van der Waals surface area contributed by atoms with Crippen LogP contribution in [0.5, 0.6) is 0 Å². The van der Waals surface area contributed by atoms with Gasteiger partial charge in [-0.15, -0.1) is 0 Å². The Labute approximate surface area is 132 Å². The minimum absolute atomic E-state index is 0.180. The molecule has 0 unspecified atom stereocenters. The first-order valence-electron chi connectivity index (χ1n) is 7.24. The van der Waals surface area contributed by atoms with Crippen LogP contribution in [0.15, 0.2) is 34.9 Å². The highest BCUT2D eigenvalue weighted by atomic mass is 16.5. The zero-order valence-electron chi connectivity index (χ0n) is 12.5. The number of nitrogens with one attached hydrogen (secondary N) is 1. The van der Waals surface area contributed by atoms with Crippen LogP contribution in [0.2, 0.25) is 0 Å². The summed E-state index contributed by atoms with van der Waals surface area (Å²) in [7, 11) is 0. The molecule has 3 amide bonds. The number of imide groups is 1. The second-order valence-corrected chi connectivity index (χ2v) is 5.28. The molecule has 2 aromatic rings. The molecule has 0 aliphatic carbocycles. The number of aromatic nitrogens is 1. The molecule has 7 heteroatoms. The second-order valence-electron chi connectivity index (χ2n) is 5.28. The Kier molecular flexibility index (Phi) is 3.92. The van der Waals surface area contributed by atoms with Crippen LogP contribution >= 0.6 is 0 Å². The van der Waals surface area contributed by atoms with Crippen LogP contribution in [0.1, 0.15) is 39.3 Å². The Bertz CT molecular complexity index is 746. The van der Waals surface area contributed by atoms with Crippen molar-refractivity contribution in [1.29, 1.82) is 0 Å².